The van der Waals surface area contributed by atoms with Crippen LogP contribution in [0.5, 0.6) is 0 Å². The Morgan fingerprint density at radius 3 is 0.833 bits per heavy atom. The third kappa shape index (κ3) is 41.2. The molecule has 0 saturated heterocycles. The minimum Gasteiger partial charge on any atom is -1.00 e. The average molecular weight is 169 g/mol. The summed E-state index contributed by atoms with van der Waals surface area (Å²) in [7, 11) is 0. The molecule has 0 radical (unpaired) electrons. The molecule has 0 aromatic rings. The average Bonchev–Trinajstić information content (AvgIpc) is 0. The van der Waals surface area contributed by atoms with Gasteiger partial charge in [-0.25, -0.2) is 0 Å². The van der Waals surface area contributed by atoms with Crippen molar-refractivity contribution < 1.29 is 35.7 Å². The van der Waals surface area contributed by atoms with Crippen molar-refractivity contribution in [2.24, 2.45) is 0 Å². The smallest absolute Gasteiger partial charge is 1.00 e. The van der Waals surface area contributed by atoms with Gasteiger partial charge in [0, 0.05) is 0 Å². The molecule has 0 atom stereocenters. The van der Waals surface area contributed by atoms with Crippen LogP contribution in [0, 0.1) is 0 Å². The van der Waals surface area contributed by atoms with Gasteiger partial charge in [-0.2, -0.15) is 0 Å². The minimum absolute atomic E-state index is 0. The molecule has 5 heteroatoms. The summed E-state index contributed by atoms with van der Waals surface area (Å²) in [6, 6.07) is 0. The SMILES string of the molecule is C.Cl.Cl.Cl.F.[H-].[Na+]. The normalized spacial score (nSPS) is 0. The van der Waals surface area contributed by atoms with E-state index in [1.165, 1.54) is 0 Å². The van der Waals surface area contributed by atoms with Gasteiger partial charge in [-0.15, -0.1) is 37.2 Å². The van der Waals surface area contributed by atoms with Gasteiger partial charge in [-0.3, -0.25) is 4.70 Å². The first-order valence-electron chi connectivity index (χ1n) is 0. The van der Waals surface area contributed by atoms with E-state index in [-0.39, 0.29) is 80.3 Å². The second-order valence-electron chi connectivity index (χ2n) is 0. The third-order valence-corrected chi connectivity index (χ3v) is 0. The first-order valence-corrected chi connectivity index (χ1v) is 0. The Morgan fingerprint density at radius 2 is 0.833 bits per heavy atom. The van der Waals surface area contributed by atoms with Crippen molar-refractivity contribution in [3.8, 4) is 0 Å². The van der Waals surface area contributed by atoms with Gasteiger partial charge in [-0.1, -0.05) is 7.43 Å². The Balaban J connectivity index is 0. The molecule has 0 fully saturated rings. The van der Waals surface area contributed by atoms with Gasteiger partial charge in [0.2, 0.25) is 0 Å². The van der Waals surface area contributed by atoms with Gasteiger partial charge in [0.05, 0.1) is 0 Å². The van der Waals surface area contributed by atoms with E-state index >= 15 is 0 Å². The summed E-state index contributed by atoms with van der Waals surface area (Å²) < 4.78 is 0. The van der Waals surface area contributed by atoms with Crippen molar-refractivity contribution >= 4 is 37.2 Å². The third-order valence-electron chi connectivity index (χ3n) is 0. The largest absolute Gasteiger partial charge is 1.00 e. The van der Waals surface area contributed by atoms with Crippen LogP contribution in [0.15, 0.2) is 0 Å². The molecule has 0 aromatic carbocycles. The maximum absolute atomic E-state index is 0. The van der Waals surface area contributed by atoms with Crippen LogP contribution < -0.4 is 29.6 Å². The molecular weight excluding hydrogens is 160 g/mol. The summed E-state index contributed by atoms with van der Waals surface area (Å²) in [6.45, 7) is 0. The Kier molecular flexibility index (Phi) is 1310. The van der Waals surface area contributed by atoms with Gasteiger partial charge in [-0.05, 0) is 0 Å². The fourth-order valence-corrected chi connectivity index (χ4v) is 0. The van der Waals surface area contributed by atoms with Crippen molar-refractivity contribution in [2.75, 3.05) is 0 Å². The molecule has 0 aliphatic carbocycles. The molecule has 6 heavy (non-hydrogen) atoms. The second-order valence-corrected chi connectivity index (χ2v) is 0. The van der Waals surface area contributed by atoms with Crippen LogP contribution >= 0.6 is 37.2 Å². The van der Waals surface area contributed by atoms with Gasteiger partial charge in [0.15, 0.2) is 0 Å². The van der Waals surface area contributed by atoms with Crippen LogP contribution in [0.2, 0.25) is 0 Å². The van der Waals surface area contributed by atoms with Crippen LogP contribution in [0.25, 0.3) is 0 Å². The summed E-state index contributed by atoms with van der Waals surface area (Å²) in [5, 5.41) is 0. The minimum atomic E-state index is 0. The van der Waals surface area contributed by atoms with Gasteiger partial charge in [0.1, 0.15) is 0 Å². The van der Waals surface area contributed by atoms with Crippen LogP contribution in [0.3, 0.4) is 0 Å². The summed E-state index contributed by atoms with van der Waals surface area (Å²) in [5.74, 6) is 0. The summed E-state index contributed by atoms with van der Waals surface area (Å²) in [5.41, 5.74) is 0. The quantitative estimate of drug-likeness (QED) is 0.415. The maximum Gasteiger partial charge on any atom is 1.00 e. The van der Waals surface area contributed by atoms with E-state index < -0.39 is 0 Å². The van der Waals surface area contributed by atoms with E-state index in [1.807, 2.05) is 0 Å². The van der Waals surface area contributed by atoms with Crippen LogP contribution in [0.1, 0.15) is 8.85 Å². The van der Waals surface area contributed by atoms with E-state index in [0.717, 1.165) is 0 Å². The topological polar surface area (TPSA) is 0 Å². The second kappa shape index (κ2) is 70.6. The molecule has 0 saturated carbocycles. The molecular formula is CH9Cl3FNa. The Morgan fingerprint density at radius 1 is 0.833 bits per heavy atom. The van der Waals surface area contributed by atoms with Gasteiger partial charge in [0.25, 0.3) is 0 Å². The van der Waals surface area contributed by atoms with Crippen LogP contribution in [-0.4, -0.2) is 0 Å². The molecule has 42 valence electrons. The molecule has 0 rings (SSSR count). The Labute approximate surface area is 79.8 Å². The zero-order valence-electron chi connectivity index (χ0n) is 3.63. The molecule has 0 aliphatic rings. The number of rotatable bonds is 0. The molecule has 0 aromatic heterocycles. The number of hydrogen-bond acceptors (Lipinski definition) is 0. The standard InChI is InChI=1S/CH4.3ClH.FH.Na.H/h1H4;4*1H;;/q;;;;;+1;-1. The molecule has 0 amide bonds. The zero-order valence-corrected chi connectivity index (χ0v) is 7.08. The molecule has 0 aliphatic heterocycles. The summed E-state index contributed by atoms with van der Waals surface area (Å²) >= 11 is 0. The maximum atomic E-state index is 0. The van der Waals surface area contributed by atoms with Crippen molar-refractivity contribution in [1.82, 2.24) is 0 Å². The number of halogens is 4. The Bertz CT molecular complexity index is 14.9. The van der Waals surface area contributed by atoms with Crippen molar-refractivity contribution in [3.05, 3.63) is 0 Å². The van der Waals surface area contributed by atoms with Gasteiger partial charge < -0.3 is 1.43 Å². The zero-order chi connectivity index (χ0) is 0. The molecule has 0 unspecified atom stereocenters. The molecule has 0 spiro atoms. The fraction of sp³-hybridized carbons (Fsp3) is 1.00. The van der Waals surface area contributed by atoms with Crippen LogP contribution in [-0.2, 0) is 0 Å². The first kappa shape index (κ1) is 111. The molecule has 0 bridgehead atoms. The van der Waals surface area contributed by atoms with Crippen LogP contribution in [0.4, 0.5) is 4.70 Å². The Hall–Kier alpha value is 1.80. The van der Waals surface area contributed by atoms with Crippen molar-refractivity contribution in [1.29, 1.82) is 0 Å². The van der Waals surface area contributed by atoms with E-state index in [2.05, 4.69) is 0 Å². The molecule has 0 N–H and O–H groups in total. The summed E-state index contributed by atoms with van der Waals surface area (Å²) in [6.07, 6.45) is 0. The van der Waals surface area contributed by atoms with E-state index in [1.54, 1.807) is 0 Å². The van der Waals surface area contributed by atoms with Crippen molar-refractivity contribution in [2.45, 2.75) is 7.43 Å². The van der Waals surface area contributed by atoms with Gasteiger partial charge >= 0.3 is 29.6 Å². The van der Waals surface area contributed by atoms with E-state index in [9.17, 15) is 0 Å². The van der Waals surface area contributed by atoms with E-state index in [0.29, 0.717) is 0 Å². The van der Waals surface area contributed by atoms with E-state index in [4.69, 9.17) is 0 Å². The number of hydrogen-bond donors (Lipinski definition) is 0. The first-order chi connectivity index (χ1) is 0. The molecule has 0 heterocycles. The predicted molar refractivity (Wildman–Crippen MR) is 32.1 cm³/mol. The molecule has 0 nitrogen and oxygen atoms in total. The monoisotopic (exact) mass is 168 g/mol. The summed E-state index contributed by atoms with van der Waals surface area (Å²) in [4.78, 5) is 0. The fourth-order valence-electron chi connectivity index (χ4n) is 0. The van der Waals surface area contributed by atoms with Crippen molar-refractivity contribution in [3.63, 3.8) is 0 Å². The predicted octanol–water partition coefficient (Wildman–Crippen LogP) is -0.830.